The predicted molar refractivity (Wildman–Crippen MR) is 22.8 cm³/mol. The van der Waals surface area contributed by atoms with E-state index in [1.165, 1.54) is 0 Å². The third-order valence-electron chi connectivity index (χ3n) is 0. The molecule has 0 aromatic rings. The fourth-order valence-electron chi connectivity index (χ4n) is 0. The Morgan fingerprint density at radius 2 is 1.00 bits per heavy atom. The first kappa shape index (κ1) is 15.7. The number of aliphatic hydroxyl groups is 2. The van der Waals surface area contributed by atoms with Crippen LogP contribution in [0.25, 0.3) is 11.5 Å². The van der Waals surface area contributed by atoms with Crippen molar-refractivity contribution in [3.63, 3.8) is 0 Å². The van der Waals surface area contributed by atoms with Crippen molar-refractivity contribution in [2.45, 2.75) is 0 Å². The number of aliphatic hydroxyl groups excluding tert-OH is 2. The van der Waals surface area contributed by atoms with Crippen molar-refractivity contribution in [2.75, 3.05) is 13.5 Å². The van der Waals surface area contributed by atoms with Gasteiger partial charge in [-0.1, -0.05) is 0 Å². The summed E-state index contributed by atoms with van der Waals surface area (Å²) in [4.78, 5) is 0. The topological polar surface area (TPSA) is 88.1 Å². The number of nitrogens with one attached hydrogen (secondary N) is 2. The van der Waals surface area contributed by atoms with E-state index in [2.05, 4.69) is 0 Å². The van der Waals surface area contributed by atoms with E-state index in [-0.39, 0.29) is 16.5 Å². The Morgan fingerprint density at radius 3 is 1.00 bits per heavy atom. The van der Waals surface area contributed by atoms with Crippen molar-refractivity contribution < 1.29 is 26.7 Å². The molecule has 4 nitrogen and oxygen atoms in total. The molecule has 0 unspecified atom stereocenters. The van der Waals surface area contributed by atoms with Gasteiger partial charge in [0.1, 0.15) is 0 Å². The SMILES string of the molecule is [NH-]CO.[NH-]CO.[Ni+2]. The van der Waals surface area contributed by atoms with Gasteiger partial charge in [0.05, 0.1) is 0 Å². The van der Waals surface area contributed by atoms with Gasteiger partial charge in [-0.25, -0.2) is 0 Å². The molecule has 0 atom stereocenters. The van der Waals surface area contributed by atoms with E-state index >= 15 is 0 Å². The molecule has 0 fully saturated rings. The average Bonchev–Trinajstić information content (AvgIpc) is 1.39. The molecule has 0 aliphatic carbocycles. The van der Waals surface area contributed by atoms with E-state index in [4.69, 9.17) is 21.7 Å². The standard InChI is InChI=1S/2CH4NO.Ni/c2*2-1-3;/h2*2-3H,1H2;/q2*-1;+2. The maximum atomic E-state index is 7.24. The molecule has 0 radical (unpaired) electrons. The van der Waals surface area contributed by atoms with Crippen LogP contribution in [0.5, 0.6) is 0 Å². The minimum atomic E-state index is -0.500. The summed E-state index contributed by atoms with van der Waals surface area (Å²) in [5, 5.41) is 14.5. The minimum Gasteiger partial charge on any atom is -0.655 e. The fourth-order valence-corrected chi connectivity index (χ4v) is 0. The van der Waals surface area contributed by atoms with Gasteiger partial charge in [0.15, 0.2) is 0 Å². The van der Waals surface area contributed by atoms with E-state index in [0.717, 1.165) is 0 Å². The zero-order chi connectivity index (χ0) is 5.41. The quantitative estimate of drug-likeness (QED) is 0.476. The van der Waals surface area contributed by atoms with Crippen molar-refractivity contribution in [1.29, 1.82) is 0 Å². The molecule has 0 bridgehead atoms. The van der Waals surface area contributed by atoms with E-state index in [1.54, 1.807) is 0 Å². The molecule has 7 heavy (non-hydrogen) atoms. The Morgan fingerprint density at radius 1 is 1.00 bits per heavy atom. The van der Waals surface area contributed by atoms with Crippen LogP contribution in [0.4, 0.5) is 0 Å². The van der Waals surface area contributed by atoms with Crippen molar-refractivity contribution in [3.05, 3.63) is 11.5 Å². The second kappa shape index (κ2) is 33.1. The van der Waals surface area contributed by atoms with Gasteiger partial charge >= 0.3 is 16.5 Å². The summed E-state index contributed by atoms with van der Waals surface area (Å²) in [6.45, 7) is -1.00. The summed E-state index contributed by atoms with van der Waals surface area (Å²) in [6.07, 6.45) is 0. The Labute approximate surface area is 52.4 Å². The van der Waals surface area contributed by atoms with Gasteiger partial charge < -0.3 is 21.7 Å². The van der Waals surface area contributed by atoms with Crippen LogP contribution >= 0.6 is 0 Å². The van der Waals surface area contributed by atoms with Crippen LogP contribution in [0.15, 0.2) is 0 Å². The third kappa shape index (κ3) is 1070. The van der Waals surface area contributed by atoms with E-state index in [0.29, 0.717) is 0 Å². The molecule has 0 aromatic carbocycles. The Kier molecular flexibility index (Phi) is 74.0. The second-order valence-corrected chi connectivity index (χ2v) is 0.316. The second-order valence-electron chi connectivity index (χ2n) is 0.316. The molecule has 48 valence electrons. The molecular formula is C2H8N2NiO2. The maximum Gasteiger partial charge on any atom is 2.00 e. The van der Waals surface area contributed by atoms with Gasteiger partial charge in [-0.3, -0.25) is 0 Å². The van der Waals surface area contributed by atoms with Crippen molar-refractivity contribution >= 4 is 0 Å². The normalized spacial score (nSPS) is 5.14. The fraction of sp³-hybridized carbons (Fsp3) is 1.00. The summed E-state index contributed by atoms with van der Waals surface area (Å²) in [5.41, 5.74) is 11.5. The summed E-state index contributed by atoms with van der Waals surface area (Å²) in [6, 6.07) is 0. The molecule has 0 spiro atoms. The first-order valence-electron chi connectivity index (χ1n) is 1.34. The summed E-state index contributed by atoms with van der Waals surface area (Å²) in [7, 11) is 0. The number of rotatable bonds is 0. The van der Waals surface area contributed by atoms with Crippen molar-refractivity contribution in [3.8, 4) is 0 Å². The largest absolute Gasteiger partial charge is 2.00 e. The van der Waals surface area contributed by atoms with Gasteiger partial charge in [-0.15, -0.1) is 0 Å². The molecule has 0 saturated carbocycles. The monoisotopic (exact) mass is 150 g/mol. The molecule has 0 rings (SSSR count). The zero-order valence-corrected chi connectivity index (χ0v) is 4.61. The first-order valence-corrected chi connectivity index (χ1v) is 1.34. The van der Waals surface area contributed by atoms with Crippen molar-refractivity contribution in [1.82, 2.24) is 0 Å². The van der Waals surface area contributed by atoms with Crippen molar-refractivity contribution in [2.24, 2.45) is 0 Å². The zero-order valence-electron chi connectivity index (χ0n) is 3.62. The average molecular weight is 151 g/mol. The molecule has 0 heterocycles. The molecule has 0 aromatic heterocycles. The molecule has 0 amide bonds. The number of hydrogen-bond acceptors (Lipinski definition) is 2. The van der Waals surface area contributed by atoms with Gasteiger partial charge in [0, 0.05) is 0 Å². The smallest absolute Gasteiger partial charge is 0.655 e. The maximum absolute atomic E-state index is 7.24. The summed E-state index contributed by atoms with van der Waals surface area (Å²) < 4.78 is 0. The van der Waals surface area contributed by atoms with Gasteiger partial charge in [-0.05, 0) is 13.5 Å². The van der Waals surface area contributed by atoms with Crippen LogP contribution in [-0.2, 0) is 16.5 Å². The van der Waals surface area contributed by atoms with Crippen LogP contribution in [-0.4, -0.2) is 23.7 Å². The Hall–Kier alpha value is 0.334. The Balaban J connectivity index is -0.0000000400. The van der Waals surface area contributed by atoms with Crippen LogP contribution < -0.4 is 0 Å². The minimum absolute atomic E-state index is 0. The van der Waals surface area contributed by atoms with Crippen LogP contribution in [0.3, 0.4) is 0 Å². The molecule has 0 aliphatic rings. The van der Waals surface area contributed by atoms with E-state index in [1.807, 2.05) is 0 Å². The first-order chi connectivity index (χ1) is 2.83. The van der Waals surface area contributed by atoms with Crippen LogP contribution in [0.1, 0.15) is 0 Å². The molecular weight excluding hydrogens is 143 g/mol. The Bertz CT molecular complexity index is 15.7. The summed E-state index contributed by atoms with van der Waals surface area (Å²) >= 11 is 0. The molecule has 0 saturated heterocycles. The van der Waals surface area contributed by atoms with Gasteiger partial charge in [-0.2, -0.15) is 0 Å². The van der Waals surface area contributed by atoms with Gasteiger partial charge in [0.2, 0.25) is 0 Å². The van der Waals surface area contributed by atoms with E-state index in [9.17, 15) is 0 Å². The van der Waals surface area contributed by atoms with Crippen LogP contribution in [0, 0.1) is 0 Å². The number of hydrogen-bond donors (Lipinski definition) is 2. The molecule has 4 N–H and O–H groups in total. The van der Waals surface area contributed by atoms with Crippen LogP contribution in [0.2, 0.25) is 0 Å². The molecule has 5 heteroatoms. The summed E-state index contributed by atoms with van der Waals surface area (Å²) in [5.74, 6) is 0. The van der Waals surface area contributed by atoms with E-state index < -0.39 is 13.5 Å². The predicted octanol–water partition coefficient (Wildman–Crippen LogP) is -0.0257. The van der Waals surface area contributed by atoms with Gasteiger partial charge in [0.25, 0.3) is 0 Å². The molecule has 0 aliphatic heterocycles. The third-order valence-corrected chi connectivity index (χ3v) is 0.